The SMILES string of the molecule is C=[C-]CC(O)CCCCCCCCC.[Li+]. The van der Waals surface area contributed by atoms with Crippen LogP contribution >= 0.6 is 0 Å². The molecule has 0 heterocycles. The van der Waals surface area contributed by atoms with Gasteiger partial charge in [0.15, 0.2) is 0 Å². The van der Waals surface area contributed by atoms with Crippen molar-refractivity contribution in [3.63, 3.8) is 0 Å². The Balaban J connectivity index is 0. The van der Waals surface area contributed by atoms with Gasteiger partial charge in [-0.25, -0.2) is 0 Å². The van der Waals surface area contributed by atoms with Crippen molar-refractivity contribution >= 4 is 0 Å². The molecule has 0 saturated heterocycles. The predicted octanol–water partition coefficient (Wildman–Crippen LogP) is 0.871. The zero-order valence-electron chi connectivity index (χ0n) is 10.6. The number of aliphatic hydroxyl groups is 1. The molecule has 2 heteroatoms. The predicted molar refractivity (Wildman–Crippen MR) is 62.1 cm³/mol. The van der Waals surface area contributed by atoms with Gasteiger partial charge in [0, 0.05) is 6.10 Å². The smallest absolute Gasteiger partial charge is 0.502 e. The van der Waals surface area contributed by atoms with Gasteiger partial charge < -0.3 is 11.2 Å². The number of hydrogen-bond acceptors (Lipinski definition) is 1. The molecule has 84 valence electrons. The molecule has 0 radical (unpaired) electrons. The Morgan fingerprint density at radius 1 is 1.07 bits per heavy atom. The Labute approximate surface area is 108 Å². The Hall–Kier alpha value is 0.297. The van der Waals surface area contributed by atoms with Crippen LogP contribution in [-0.2, 0) is 0 Å². The Kier molecular flexibility index (Phi) is 16.9. The van der Waals surface area contributed by atoms with Gasteiger partial charge in [0.2, 0.25) is 0 Å². The average molecular weight is 204 g/mol. The average Bonchev–Trinajstić information content (AvgIpc) is 2.17. The first-order valence-electron chi connectivity index (χ1n) is 5.99. The second-order valence-corrected chi connectivity index (χ2v) is 4.02. The molecule has 0 bridgehead atoms. The third-order valence-corrected chi connectivity index (χ3v) is 2.52. The minimum atomic E-state index is -0.205. The van der Waals surface area contributed by atoms with E-state index in [1.54, 1.807) is 0 Å². The third kappa shape index (κ3) is 14.3. The zero-order valence-corrected chi connectivity index (χ0v) is 10.6. The maximum atomic E-state index is 9.39. The molecule has 0 amide bonds. The second kappa shape index (κ2) is 14.3. The summed E-state index contributed by atoms with van der Waals surface area (Å²) in [6.07, 6.45) is 13.2. The molecule has 0 aliphatic carbocycles. The topological polar surface area (TPSA) is 20.2 Å². The fraction of sp³-hybridized carbons (Fsp3) is 0.846. The molecule has 0 aliphatic rings. The zero-order chi connectivity index (χ0) is 10.6. The van der Waals surface area contributed by atoms with E-state index in [-0.39, 0.29) is 25.0 Å². The van der Waals surface area contributed by atoms with Crippen molar-refractivity contribution in [1.82, 2.24) is 0 Å². The molecule has 1 atom stereocenters. The van der Waals surface area contributed by atoms with E-state index in [2.05, 4.69) is 19.6 Å². The summed E-state index contributed by atoms with van der Waals surface area (Å²) in [5, 5.41) is 9.39. The van der Waals surface area contributed by atoms with E-state index in [0.29, 0.717) is 6.42 Å². The Morgan fingerprint density at radius 2 is 1.60 bits per heavy atom. The fourth-order valence-electron chi connectivity index (χ4n) is 1.61. The monoisotopic (exact) mass is 204 g/mol. The first-order valence-corrected chi connectivity index (χ1v) is 5.99. The summed E-state index contributed by atoms with van der Waals surface area (Å²) in [5.41, 5.74) is 0. The van der Waals surface area contributed by atoms with Crippen LogP contribution in [0.25, 0.3) is 0 Å². The standard InChI is InChI=1S/C13H25O.Li/c1-3-5-6-7-8-9-10-12-13(14)11-4-2;/h13-14H,2-3,5-12H2,1H3;/q-1;+1. The van der Waals surface area contributed by atoms with Crippen LogP contribution in [0, 0.1) is 6.08 Å². The fourth-order valence-corrected chi connectivity index (χ4v) is 1.61. The van der Waals surface area contributed by atoms with Crippen LogP contribution in [0.3, 0.4) is 0 Å². The molecule has 0 fully saturated rings. The van der Waals surface area contributed by atoms with Gasteiger partial charge in [-0.1, -0.05) is 51.9 Å². The summed E-state index contributed by atoms with van der Waals surface area (Å²) in [6.45, 7) is 5.73. The summed E-state index contributed by atoms with van der Waals surface area (Å²) in [7, 11) is 0. The third-order valence-electron chi connectivity index (χ3n) is 2.52. The van der Waals surface area contributed by atoms with E-state index in [1.165, 1.54) is 38.5 Å². The van der Waals surface area contributed by atoms with Crippen LogP contribution in [0.15, 0.2) is 6.58 Å². The van der Waals surface area contributed by atoms with E-state index in [9.17, 15) is 5.11 Å². The van der Waals surface area contributed by atoms with Crippen molar-refractivity contribution in [2.75, 3.05) is 0 Å². The summed E-state index contributed by atoms with van der Waals surface area (Å²) in [5.74, 6) is 0. The number of aliphatic hydroxyl groups excluding tert-OH is 1. The largest absolute Gasteiger partial charge is 1.00 e. The van der Waals surface area contributed by atoms with Crippen molar-refractivity contribution < 1.29 is 24.0 Å². The maximum absolute atomic E-state index is 9.39. The minimum absolute atomic E-state index is 0. The van der Waals surface area contributed by atoms with Gasteiger partial charge in [0.05, 0.1) is 0 Å². The normalized spacial score (nSPS) is 11.9. The summed E-state index contributed by atoms with van der Waals surface area (Å²) in [6, 6.07) is 0. The van der Waals surface area contributed by atoms with Crippen molar-refractivity contribution in [2.45, 2.75) is 70.8 Å². The van der Waals surface area contributed by atoms with Gasteiger partial charge >= 0.3 is 18.9 Å². The van der Waals surface area contributed by atoms with E-state index in [4.69, 9.17) is 0 Å². The molecule has 15 heavy (non-hydrogen) atoms. The van der Waals surface area contributed by atoms with Crippen LogP contribution in [0.4, 0.5) is 0 Å². The van der Waals surface area contributed by atoms with Crippen LogP contribution in [-0.4, -0.2) is 11.2 Å². The maximum Gasteiger partial charge on any atom is 1.00 e. The molecule has 1 nitrogen and oxygen atoms in total. The van der Waals surface area contributed by atoms with Crippen LogP contribution in [0.1, 0.15) is 64.7 Å². The number of hydrogen-bond donors (Lipinski definition) is 1. The second-order valence-electron chi connectivity index (χ2n) is 4.02. The number of unbranched alkanes of at least 4 members (excludes halogenated alkanes) is 6. The number of rotatable bonds is 10. The summed E-state index contributed by atoms with van der Waals surface area (Å²) >= 11 is 0. The molecular weight excluding hydrogens is 179 g/mol. The van der Waals surface area contributed by atoms with Crippen molar-refractivity contribution in [1.29, 1.82) is 0 Å². The van der Waals surface area contributed by atoms with Crippen LogP contribution in [0.5, 0.6) is 0 Å². The van der Waals surface area contributed by atoms with Crippen molar-refractivity contribution in [2.24, 2.45) is 0 Å². The molecule has 0 aromatic heterocycles. The molecule has 0 saturated carbocycles. The van der Waals surface area contributed by atoms with Gasteiger partial charge in [-0.15, -0.1) is 0 Å². The quantitative estimate of drug-likeness (QED) is 0.318. The van der Waals surface area contributed by atoms with Crippen molar-refractivity contribution in [3.05, 3.63) is 12.7 Å². The molecule has 0 aliphatic heterocycles. The van der Waals surface area contributed by atoms with Crippen LogP contribution < -0.4 is 18.9 Å². The van der Waals surface area contributed by atoms with Gasteiger partial charge in [-0.3, -0.25) is 6.58 Å². The first-order chi connectivity index (χ1) is 6.81. The van der Waals surface area contributed by atoms with Crippen LogP contribution in [0.2, 0.25) is 0 Å². The molecule has 1 unspecified atom stereocenters. The summed E-state index contributed by atoms with van der Waals surface area (Å²) < 4.78 is 0. The first kappa shape index (κ1) is 17.7. The molecule has 0 aromatic carbocycles. The van der Waals surface area contributed by atoms with E-state index >= 15 is 0 Å². The Bertz CT molecular complexity index is 126. The Morgan fingerprint density at radius 3 is 2.13 bits per heavy atom. The molecular formula is C13H25LiO. The molecule has 0 aromatic rings. The molecule has 1 N–H and O–H groups in total. The van der Waals surface area contributed by atoms with E-state index in [0.717, 1.165) is 12.8 Å². The van der Waals surface area contributed by atoms with Gasteiger partial charge in [0.25, 0.3) is 0 Å². The van der Waals surface area contributed by atoms with Gasteiger partial charge in [0.1, 0.15) is 0 Å². The minimum Gasteiger partial charge on any atom is -0.502 e. The van der Waals surface area contributed by atoms with Crippen molar-refractivity contribution in [3.8, 4) is 0 Å². The van der Waals surface area contributed by atoms with E-state index < -0.39 is 0 Å². The summed E-state index contributed by atoms with van der Waals surface area (Å²) in [4.78, 5) is 0. The van der Waals surface area contributed by atoms with E-state index in [1.807, 2.05) is 0 Å². The molecule has 0 spiro atoms. The molecule has 0 rings (SSSR count). The van der Waals surface area contributed by atoms with Gasteiger partial charge in [-0.05, 0) is 6.42 Å². The van der Waals surface area contributed by atoms with Gasteiger partial charge in [-0.2, -0.15) is 6.42 Å².